The maximum atomic E-state index is 0. The van der Waals surface area contributed by atoms with Crippen LogP contribution >= 0.6 is 0 Å². The Balaban J connectivity index is 0. The molecule has 0 atom stereocenters. The largest absolute Gasteiger partial charge is 1.00 e. The van der Waals surface area contributed by atoms with Crippen LogP contribution in [-0.2, 0) is 21.1 Å². The third-order valence-corrected chi connectivity index (χ3v) is 0. The van der Waals surface area contributed by atoms with Crippen molar-refractivity contribution in [3.8, 4) is 0 Å². The second-order valence-corrected chi connectivity index (χ2v) is 0. The van der Waals surface area contributed by atoms with Gasteiger partial charge in [0.1, 0.15) is 0 Å². The fourth-order valence-corrected chi connectivity index (χ4v) is 0. The van der Waals surface area contributed by atoms with E-state index in [-0.39, 0.29) is 91.1 Å². The van der Waals surface area contributed by atoms with Crippen LogP contribution in [0.25, 0.3) is 0 Å². The van der Waals surface area contributed by atoms with Gasteiger partial charge in [-0.05, 0) is 0 Å². The minimum absolute atomic E-state index is 0. The van der Waals surface area contributed by atoms with Gasteiger partial charge >= 0.3 is 59.1 Å². The molecule has 0 amide bonds. The Morgan fingerprint density at radius 1 is 0.600 bits per heavy atom. The van der Waals surface area contributed by atoms with Gasteiger partial charge in [0.25, 0.3) is 0 Å². The molecule has 0 heterocycles. The van der Waals surface area contributed by atoms with E-state index in [9.17, 15) is 0 Å². The summed E-state index contributed by atoms with van der Waals surface area (Å²) in [6, 6.07) is 0. The summed E-state index contributed by atoms with van der Waals surface area (Å²) < 4.78 is 0. The molecule has 0 saturated carbocycles. The van der Waals surface area contributed by atoms with Crippen molar-refractivity contribution < 1.29 is 91.1 Å². The number of hydrogen-bond donors (Lipinski definition) is 0. The molecule has 0 spiro atoms. The van der Waals surface area contributed by atoms with Gasteiger partial charge in [0.15, 0.2) is 0 Å². The first-order chi connectivity index (χ1) is 0. The normalized spacial score (nSPS) is 0. The van der Waals surface area contributed by atoms with Crippen LogP contribution in [0.15, 0.2) is 0 Å². The summed E-state index contributed by atoms with van der Waals surface area (Å²) >= 11 is 0. The zero-order valence-electron chi connectivity index (χ0n) is 3.41. The van der Waals surface area contributed by atoms with Crippen molar-refractivity contribution in [2.75, 3.05) is 0 Å². The molecule has 0 aliphatic heterocycles. The van der Waals surface area contributed by atoms with Crippen LogP contribution in [0.5, 0.6) is 0 Å². The van der Waals surface area contributed by atoms with Gasteiger partial charge in [-0.15, -0.1) is 0 Å². The number of hydrogen-bond acceptors (Lipinski definition) is 0. The van der Waals surface area contributed by atoms with E-state index in [1.807, 2.05) is 0 Å². The van der Waals surface area contributed by atoms with Crippen LogP contribution in [0.1, 0.15) is 0 Å². The van der Waals surface area contributed by atoms with E-state index in [2.05, 4.69) is 0 Å². The Morgan fingerprint density at radius 2 is 0.600 bits per heavy atom. The minimum atomic E-state index is 0. The summed E-state index contributed by atoms with van der Waals surface area (Å²) in [4.78, 5) is 0. The molecule has 0 unspecified atom stereocenters. The van der Waals surface area contributed by atoms with E-state index in [0.717, 1.165) is 0 Å². The predicted octanol–water partition coefficient (Wildman–Crippen LogP) is -7.64. The summed E-state index contributed by atoms with van der Waals surface area (Å²) in [5.41, 5.74) is 0. The smallest absolute Gasteiger partial charge is 0.412 e. The van der Waals surface area contributed by atoms with Gasteiger partial charge in [-0.3, -0.25) is 0 Å². The Labute approximate surface area is 89.5 Å². The SMILES string of the molecule is O.O.[Mo].[Na+].[Na+]. The van der Waals surface area contributed by atoms with Gasteiger partial charge < -0.3 is 11.0 Å². The van der Waals surface area contributed by atoms with Crippen molar-refractivity contribution in [2.45, 2.75) is 0 Å². The van der Waals surface area contributed by atoms with Gasteiger partial charge in [-0.25, -0.2) is 0 Å². The predicted molar refractivity (Wildman–Crippen MR) is 7.23 cm³/mol. The zero-order chi connectivity index (χ0) is 0. The number of rotatable bonds is 0. The van der Waals surface area contributed by atoms with Crippen molar-refractivity contribution >= 4 is 0 Å². The first-order valence-electron chi connectivity index (χ1n) is 0. The van der Waals surface area contributed by atoms with Crippen LogP contribution in [0.2, 0.25) is 0 Å². The van der Waals surface area contributed by atoms with Crippen molar-refractivity contribution in [1.29, 1.82) is 0 Å². The molecule has 0 radical (unpaired) electrons. The van der Waals surface area contributed by atoms with E-state index in [1.165, 1.54) is 0 Å². The van der Waals surface area contributed by atoms with Crippen LogP contribution in [0, 0.1) is 0 Å². The standard InChI is InChI=1S/Mo.2Na.2H2O/h;;;2*1H2/q;2*+1;;. The first-order valence-corrected chi connectivity index (χ1v) is 0. The molecule has 0 aliphatic carbocycles. The maximum Gasteiger partial charge on any atom is 1.00 e. The molecule has 0 rings (SSSR count). The van der Waals surface area contributed by atoms with Crippen molar-refractivity contribution in [2.24, 2.45) is 0 Å². The van der Waals surface area contributed by atoms with Gasteiger partial charge in [-0.1, -0.05) is 0 Å². The summed E-state index contributed by atoms with van der Waals surface area (Å²) in [6.07, 6.45) is 0. The van der Waals surface area contributed by atoms with Gasteiger partial charge in [-0.2, -0.15) is 0 Å². The molecule has 0 bridgehead atoms. The molecular formula is H4MoNa2O2+2. The van der Waals surface area contributed by atoms with E-state index < -0.39 is 0 Å². The van der Waals surface area contributed by atoms with Crippen LogP contribution in [0.4, 0.5) is 0 Å². The first kappa shape index (κ1) is 48.8. The van der Waals surface area contributed by atoms with Crippen molar-refractivity contribution in [3.05, 3.63) is 0 Å². The summed E-state index contributed by atoms with van der Waals surface area (Å²) in [6.45, 7) is 0. The van der Waals surface area contributed by atoms with Gasteiger partial charge in [0.2, 0.25) is 0 Å². The van der Waals surface area contributed by atoms with E-state index >= 15 is 0 Å². The Morgan fingerprint density at radius 3 is 0.600 bits per heavy atom. The van der Waals surface area contributed by atoms with E-state index in [1.54, 1.807) is 0 Å². The summed E-state index contributed by atoms with van der Waals surface area (Å²) in [5.74, 6) is 0. The monoisotopic (exact) mass is 180 g/mol. The van der Waals surface area contributed by atoms with Gasteiger partial charge in [0.05, 0.1) is 0 Å². The molecule has 5 heavy (non-hydrogen) atoms. The fourth-order valence-electron chi connectivity index (χ4n) is 0. The molecule has 0 aromatic heterocycles. The molecule has 5 heteroatoms. The summed E-state index contributed by atoms with van der Waals surface area (Å²) in [7, 11) is 0. The molecule has 22 valence electrons. The zero-order valence-corrected chi connectivity index (χ0v) is 9.42. The Kier molecular flexibility index (Phi) is 298. The topological polar surface area (TPSA) is 63.0 Å². The maximum absolute atomic E-state index is 0. The fraction of sp³-hybridized carbons (Fsp3) is 0. The molecule has 2 nitrogen and oxygen atoms in total. The molecule has 0 aromatic carbocycles. The van der Waals surface area contributed by atoms with Crippen molar-refractivity contribution in [3.63, 3.8) is 0 Å². The third-order valence-electron chi connectivity index (χ3n) is 0. The van der Waals surface area contributed by atoms with Crippen LogP contribution in [-0.4, -0.2) is 11.0 Å². The quantitative estimate of drug-likeness (QED) is 0.331. The van der Waals surface area contributed by atoms with Crippen LogP contribution in [0.3, 0.4) is 0 Å². The summed E-state index contributed by atoms with van der Waals surface area (Å²) in [5, 5.41) is 0. The van der Waals surface area contributed by atoms with Crippen LogP contribution < -0.4 is 59.1 Å². The average Bonchev–Trinajstić information content (AvgIpc) is 0. The second kappa shape index (κ2) is 30.6. The Bertz CT molecular complexity index is 7.61. The second-order valence-electron chi connectivity index (χ2n) is 0. The Hall–Kier alpha value is 2.61. The van der Waals surface area contributed by atoms with E-state index in [4.69, 9.17) is 0 Å². The van der Waals surface area contributed by atoms with Crippen molar-refractivity contribution in [1.82, 2.24) is 0 Å². The average molecular weight is 178 g/mol. The molecule has 0 aliphatic rings. The molecular weight excluding hydrogens is 174 g/mol. The molecule has 4 N–H and O–H groups in total. The molecule has 0 saturated heterocycles. The molecule has 0 aromatic rings. The van der Waals surface area contributed by atoms with Gasteiger partial charge in [0, 0.05) is 21.1 Å². The minimum Gasteiger partial charge on any atom is -0.412 e. The third kappa shape index (κ3) is 20.6. The van der Waals surface area contributed by atoms with E-state index in [0.29, 0.717) is 0 Å². The molecule has 0 fully saturated rings.